The molecule has 1 atom stereocenters. The number of aliphatic carboxylic acids is 1. The van der Waals surface area contributed by atoms with Crippen LogP contribution in [-0.4, -0.2) is 23.5 Å². The number of amides is 1. The lowest BCUT2D eigenvalue weighted by Crippen LogP contribution is -2.25. The Bertz CT molecular complexity index is 487. The van der Waals surface area contributed by atoms with Gasteiger partial charge in [-0.2, -0.15) is 0 Å². The molecule has 0 bridgehead atoms. The van der Waals surface area contributed by atoms with Crippen molar-refractivity contribution in [1.82, 2.24) is 0 Å². The molecule has 2 rings (SSSR count). The zero-order valence-corrected chi connectivity index (χ0v) is 10.9. The largest absolute Gasteiger partial charge is 0.481 e. The number of carboxylic acids is 1. The van der Waals surface area contributed by atoms with Crippen LogP contribution in [0.25, 0.3) is 0 Å². The Morgan fingerprint density at radius 1 is 1.53 bits per heavy atom. The van der Waals surface area contributed by atoms with Crippen LogP contribution in [-0.2, 0) is 9.59 Å². The molecule has 1 aromatic carbocycles. The monoisotopic (exact) mass is 297 g/mol. The van der Waals surface area contributed by atoms with Gasteiger partial charge in [-0.15, -0.1) is 0 Å². The van der Waals surface area contributed by atoms with Gasteiger partial charge in [0.15, 0.2) is 0 Å². The molecule has 1 fully saturated rings. The van der Waals surface area contributed by atoms with E-state index in [2.05, 4.69) is 15.9 Å². The third-order valence-corrected chi connectivity index (χ3v) is 3.80. The molecule has 1 aliphatic heterocycles. The van der Waals surface area contributed by atoms with Crippen LogP contribution in [0.4, 0.5) is 5.69 Å². The molecule has 0 aromatic heterocycles. The average Bonchev–Trinajstić information content (AvgIpc) is 2.65. The second kappa shape index (κ2) is 4.49. The van der Waals surface area contributed by atoms with Crippen molar-refractivity contribution in [2.24, 2.45) is 5.92 Å². The number of halogens is 1. The Balaban J connectivity index is 2.26. The van der Waals surface area contributed by atoms with Crippen molar-refractivity contribution >= 4 is 33.5 Å². The molecule has 1 aromatic rings. The van der Waals surface area contributed by atoms with Gasteiger partial charge in [0.05, 0.1) is 5.92 Å². The molecule has 0 spiro atoms. The Labute approximate surface area is 107 Å². The lowest BCUT2D eigenvalue weighted by molar-refractivity contribution is -0.141. The fraction of sp³-hybridized carbons (Fsp3) is 0.333. The van der Waals surface area contributed by atoms with Gasteiger partial charge in [-0.25, -0.2) is 0 Å². The first-order valence-corrected chi connectivity index (χ1v) is 6.07. The summed E-state index contributed by atoms with van der Waals surface area (Å²) in [4.78, 5) is 24.1. The van der Waals surface area contributed by atoms with Gasteiger partial charge < -0.3 is 10.0 Å². The third kappa shape index (κ3) is 2.34. The molecule has 17 heavy (non-hydrogen) atoms. The lowest BCUT2D eigenvalue weighted by Gasteiger charge is -2.16. The maximum absolute atomic E-state index is 11.7. The van der Waals surface area contributed by atoms with Crippen molar-refractivity contribution in [3.05, 3.63) is 28.2 Å². The third-order valence-electron chi connectivity index (χ3n) is 2.94. The summed E-state index contributed by atoms with van der Waals surface area (Å²) in [5, 5.41) is 8.91. The number of hydrogen-bond acceptors (Lipinski definition) is 2. The molecule has 1 N–H and O–H groups in total. The fourth-order valence-corrected chi connectivity index (χ4v) is 2.24. The first kappa shape index (κ1) is 12.1. The SMILES string of the molecule is Cc1ccc(N2C[C@@H](C(=O)O)CC2=O)cc1Br. The van der Waals surface area contributed by atoms with Crippen LogP contribution in [0.1, 0.15) is 12.0 Å². The van der Waals surface area contributed by atoms with Crippen molar-refractivity contribution in [2.45, 2.75) is 13.3 Å². The van der Waals surface area contributed by atoms with Crippen molar-refractivity contribution in [1.29, 1.82) is 0 Å². The second-order valence-corrected chi connectivity index (χ2v) is 5.03. The first-order chi connectivity index (χ1) is 7.99. The summed E-state index contributed by atoms with van der Waals surface area (Å²) in [6.07, 6.45) is 0.0842. The number of rotatable bonds is 2. The number of carboxylic acid groups (broad SMARTS) is 1. The predicted molar refractivity (Wildman–Crippen MR) is 67.0 cm³/mol. The van der Waals surface area contributed by atoms with E-state index in [1.54, 1.807) is 0 Å². The fourth-order valence-electron chi connectivity index (χ4n) is 1.87. The number of anilines is 1. The van der Waals surface area contributed by atoms with E-state index in [4.69, 9.17) is 5.11 Å². The zero-order valence-electron chi connectivity index (χ0n) is 9.31. The summed E-state index contributed by atoms with van der Waals surface area (Å²) < 4.78 is 0.918. The molecule has 0 saturated carbocycles. The van der Waals surface area contributed by atoms with Gasteiger partial charge in [-0.3, -0.25) is 9.59 Å². The minimum absolute atomic E-state index is 0.0842. The van der Waals surface area contributed by atoms with Crippen LogP contribution in [0, 0.1) is 12.8 Å². The van der Waals surface area contributed by atoms with Crippen molar-refractivity contribution in [3.63, 3.8) is 0 Å². The highest BCUT2D eigenvalue weighted by molar-refractivity contribution is 9.10. The van der Waals surface area contributed by atoms with Crippen LogP contribution < -0.4 is 4.90 Å². The molecular weight excluding hydrogens is 286 g/mol. The molecule has 1 aliphatic rings. The highest BCUT2D eigenvalue weighted by Gasteiger charge is 2.35. The molecule has 5 heteroatoms. The van der Waals surface area contributed by atoms with E-state index in [0.717, 1.165) is 15.7 Å². The van der Waals surface area contributed by atoms with Crippen LogP contribution in [0.5, 0.6) is 0 Å². The lowest BCUT2D eigenvalue weighted by atomic mass is 10.1. The summed E-state index contributed by atoms with van der Waals surface area (Å²) >= 11 is 3.40. The maximum atomic E-state index is 11.7. The highest BCUT2D eigenvalue weighted by atomic mass is 79.9. The molecule has 1 saturated heterocycles. The van der Waals surface area contributed by atoms with Gasteiger partial charge in [0.1, 0.15) is 0 Å². The number of benzene rings is 1. The molecule has 1 heterocycles. The normalized spacial score (nSPS) is 19.8. The van der Waals surface area contributed by atoms with E-state index in [0.29, 0.717) is 0 Å². The molecule has 1 amide bonds. The van der Waals surface area contributed by atoms with Crippen molar-refractivity contribution in [3.8, 4) is 0 Å². The van der Waals surface area contributed by atoms with Crippen LogP contribution in [0.2, 0.25) is 0 Å². The number of aryl methyl sites for hydroxylation is 1. The van der Waals surface area contributed by atoms with E-state index in [-0.39, 0.29) is 18.9 Å². The molecule has 90 valence electrons. The number of hydrogen-bond donors (Lipinski definition) is 1. The molecule has 0 aliphatic carbocycles. The summed E-state index contributed by atoms with van der Waals surface area (Å²) in [6, 6.07) is 5.58. The van der Waals surface area contributed by atoms with Crippen molar-refractivity contribution < 1.29 is 14.7 Å². The van der Waals surface area contributed by atoms with Gasteiger partial charge in [0.2, 0.25) is 5.91 Å². The summed E-state index contributed by atoms with van der Waals surface area (Å²) in [5.41, 5.74) is 1.83. The van der Waals surface area contributed by atoms with Crippen molar-refractivity contribution in [2.75, 3.05) is 11.4 Å². The molecule has 0 radical (unpaired) electrons. The van der Waals surface area contributed by atoms with E-state index >= 15 is 0 Å². The smallest absolute Gasteiger partial charge is 0.308 e. The van der Waals surface area contributed by atoms with Crippen LogP contribution in [0.3, 0.4) is 0 Å². The number of carbonyl (C=O) groups excluding carboxylic acids is 1. The van der Waals surface area contributed by atoms with E-state index in [1.807, 2.05) is 25.1 Å². The molecule has 4 nitrogen and oxygen atoms in total. The Morgan fingerprint density at radius 2 is 2.24 bits per heavy atom. The molecule has 0 unspecified atom stereocenters. The summed E-state index contributed by atoms with van der Waals surface area (Å²) in [7, 11) is 0. The van der Waals surface area contributed by atoms with Gasteiger partial charge >= 0.3 is 5.97 Å². The van der Waals surface area contributed by atoms with Gasteiger partial charge in [0.25, 0.3) is 0 Å². The van der Waals surface area contributed by atoms with Gasteiger partial charge in [-0.05, 0) is 24.6 Å². The van der Waals surface area contributed by atoms with E-state index in [1.165, 1.54) is 4.90 Å². The molecular formula is C12H12BrNO3. The Hall–Kier alpha value is -1.36. The van der Waals surface area contributed by atoms with E-state index < -0.39 is 11.9 Å². The quantitative estimate of drug-likeness (QED) is 0.910. The van der Waals surface area contributed by atoms with Gasteiger partial charge in [0, 0.05) is 23.1 Å². The average molecular weight is 298 g/mol. The van der Waals surface area contributed by atoms with E-state index in [9.17, 15) is 9.59 Å². The minimum atomic E-state index is -0.910. The number of nitrogens with zero attached hydrogens (tertiary/aromatic N) is 1. The zero-order chi connectivity index (χ0) is 12.6. The topological polar surface area (TPSA) is 57.6 Å². The Morgan fingerprint density at radius 3 is 2.76 bits per heavy atom. The highest BCUT2D eigenvalue weighted by Crippen LogP contribution is 2.28. The van der Waals surface area contributed by atoms with Crippen LogP contribution >= 0.6 is 15.9 Å². The minimum Gasteiger partial charge on any atom is -0.481 e. The van der Waals surface area contributed by atoms with Crippen LogP contribution in [0.15, 0.2) is 22.7 Å². The summed E-state index contributed by atoms with van der Waals surface area (Å²) in [6.45, 7) is 2.21. The van der Waals surface area contributed by atoms with Gasteiger partial charge in [-0.1, -0.05) is 22.0 Å². The summed E-state index contributed by atoms with van der Waals surface area (Å²) in [5.74, 6) is -1.64. The maximum Gasteiger partial charge on any atom is 0.308 e. The number of carbonyl (C=O) groups is 2. The first-order valence-electron chi connectivity index (χ1n) is 5.28. The Kier molecular flexibility index (Phi) is 3.19. The predicted octanol–water partition coefficient (Wildman–Crippen LogP) is 2.20. The second-order valence-electron chi connectivity index (χ2n) is 4.18. The standard InChI is InChI=1S/C12H12BrNO3/c1-7-2-3-9(5-10(7)13)14-6-8(12(16)17)4-11(14)15/h2-3,5,8H,4,6H2,1H3,(H,16,17)/t8-/m0/s1.